The summed E-state index contributed by atoms with van der Waals surface area (Å²) in [4.78, 5) is 16.4. The van der Waals surface area contributed by atoms with Crippen molar-refractivity contribution in [3.8, 4) is 11.4 Å². The number of pyridine rings is 1. The highest BCUT2D eigenvalue weighted by Crippen LogP contribution is 2.23. The van der Waals surface area contributed by atoms with Crippen LogP contribution in [0.2, 0.25) is 0 Å². The van der Waals surface area contributed by atoms with E-state index in [4.69, 9.17) is 0 Å². The van der Waals surface area contributed by atoms with Crippen LogP contribution in [0.1, 0.15) is 0 Å². The number of nitrogens with zero attached hydrogens (tertiary/aromatic N) is 3. The lowest BCUT2D eigenvalue weighted by Crippen LogP contribution is -2.19. The lowest BCUT2D eigenvalue weighted by atomic mass is 10.3. The summed E-state index contributed by atoms with van der Waals surface area (Å²) in [6.45, 7) is 0. The van der Waals surface area contributed by atoms with Gasteiger partial charge in [-0.1, -0.05) is 0 Å². The normalized spacial score (nSPS) is 11.8. The summed E-state index contributed by atoms with van der Waals surface area (Å²) in [5.41, 5.74) is 1.05. The van der Waals surface area contributed by atoms with Gasteiger partial charge < -0.3 is 9.30 Å². The van der Waals surface area contributed by atoms with Crippen LogP contribution < -0.4 is 10.3 Å². The van der Waals surface area contributed by atoms with Crippen LogP contribution in [0.3, 0.4) is 0 Å². The molecule has 0 atom stereocenters. The van der Waals surface area contributed by atoms with Crippen molar-refractivity contribution in [3.63, 3.8) is 0 Å². The van der Waals surface area contributed by atoms with Crippen molar-refractivity contribution in [1.82, 2.24) is 14.1 Å². The Morgan fingerprint density at radius 2 is 1.82 bits per heavy atom. The molecule has 0 spiro atoms. The minimum atomic E-state index is -4.74. The van der Waals surface area contributed by atoms with Gasteiger partial charge in [-0.25, -0.2) is 4.98 Å². The first-order chi connectivity index (χ1) is 10.3. The van der Waals surface area contributed by atoms with Crippen LogP contribution >= 0.6 is 0 Å². The second kappa shape index (κ2) is 4.90. The van der Waals surface area contributed by atoms with Crippen molar-refractivity contribution in [2.45, 2.75) is 6.36 Å². The molecular weight excluding hydrogens is 299 g/mol. The Bertz CT molecular complexity index is 879. The summed E-state index contributed by atoms with van der Waals surface area (Å²) in [6, 6.07) is 6.76. The van der Waals surface area contributed by atoms with E-state index in [-0.39, 0.29) is 11.3 Å². The van der Waals surface area contributed by atoms with Crippen LogP contribution in [0.5, 0.6) is 5.75 Å². The second-order valence-corrected chi connectivity index (χ2v) is 4.62. The summed E-state index contributed by atoms with van der Waals surface area (Å²) in [5.74, 6) is -0.344. The van der Waals surface area contributed by atoms with Crippen LogP contribution in [0, 0.1) is 0 Å². The maximum atomic E-state index is 12.3. The fourth-order valence-electron chi connectivity index (χ4n) is 2.14. The first-order valence-electron chi connectivity index (χ1n) is 6.24. The summed E-state index contributed by atoms with van der Waals surface area (Å²) in [5, 5.41) is 0. The van der Waals surface area contributed by atoms with Gasteiger partial charge in [-0.2, -0.15) is 0 Å². The summed E-state index contributed by atoms with van der Waals surface area (Å²) < 4.78 is 43.2. The molecule has 0 aliphatic heterocycles. The zero-order valence-corrected chi connectivity index (χ0v) is 11.3. The number of ether oxygens (including phenoxy) is 1. The van der Waals surface area contributed by atoms with Gasteiger partial charge >= 0.3 is 6.36 Å². The predicted octanol–water partition coefficient (Wildman–Crippen LogP) is 2.62. The van der Waals surface area contributed by atoms with Gasteiger partial charge in [0.2, 0.25) is 0 Å². The molecule has 0 saturated carbocycles. The molecule has 0 aliphatic rings. The molecule has 3 aromatic rings. The number of halogens is 3. The standard InChI is InChI=1S/C14H10F3N3O2/c1-19-8-18-12-11(19)6-7-20(13(12)21)9-2-4-10(5-3-9)22-14(15,16)17/h2-8H,1H3. The molecule has 114 valence electrons. The molecule has 0 bridgehead atoms. The quantitative estimate of drug-likeness (QED) is 0.731. The molecule has 0 fully saturated rings. The molecule has 0 aliphatic carbocycles. The third-order valence-electron chi connectivity index (χ3n) is 3.13. The summed E-state index contributed by atoms with van der Waals surface area (Å²) in [7, 11) is 1.77. The summed E-state index contributed by atoms with van der Waals surface area (Å²) in [6.07, 6.45) is -1.67. The van der Waals surface area contributed by atoms with E-state index in [1.165, 1.54) is 23.0 Å². The Morgan fingerprint density at radius 3 is 2.45 bits per heavy atom. The lowest BCUT2D eigenvalue weighted by molar-refractivity contribution is -0.274. The molecule has 8 heteroatoms. The predicted molar refractivity (Wildman–Crippen MR) is 73.0 cm³/mol. The van der Waals surface area contributed by atoms with E-state index in [0.29, 0.717) is 16.7 Å². The number of hydrogen-bond acceptors (Lipinski definition) is 3. The van der Waals surface area contributed by atoms with E-state index in [2.05, 4.69) is 9.72 Å². The number of hydrogen-bond donors (Lipinski definition) is 0. The number of imidazole rings is 1. The monoisotopic (exact) mass is 309 g/mol. The Balaban J connectivity index is 2.01. The topological polar surface area (TPSA) is 49.0 Å². The fourth-order valence-corrected chi connectivity index (χ4v) is 2.14. The van der Waals surface area contributed by atoms with Gasteiger partial charge in [0.1, 0.15) is 5.75 Å². The molecule has 0 unspecified atom stereocenters. The Kier molecular flexibility index (Phi) is 3.16. The fraction of sp³-hybridized carbons (Fsp3) is 0.143. The first-order valence-corrected chi connectivity index (χ1v) is 6.24. The molecule has 5 nitrogen and oxygen atoms in total. The number of aromatic nitrogens is 3. The lowest BCUT2D eigenvalue weighted by Gasteiger charge is -2.10. The van der Waals surface area contributed by atoms with Gasteiger partial charge in [-0.15, -0.1) is 13.2 Å². The van der Waals surface area contributed by atoms with Crippen LogP contribution in [-0.4, -0.2) is 20.5 Å². The first kappa shape index (κ1) is 14.2. The van der Waals surface area contributed by atoms with Crippen molar-refractivity contribution >= 4 is 11.0 Å². The van der Waals surface area contributed by atoms with Gasteiger partial charge in [0, 0.05) is 18.9 Å². The van der Waals surface area contributed by atoms with Gasteiger partial charge in [-0.05, 0) is 30.3 Å². The molecule has 0 amide bonds. The Morgan fingerprint density at radius 1 is 1.14 bits per heavy atom. The SMILES string of the molecule is Cn1cnc2c(=O)n(-c3ccc(OC(F)(F)F)cc3)ccc21. The van der Waals surface area contributed by atoms with Crippen molar-refractivity contribution in [2.75, 3.05) is 0 Å². The van der Waals surface area contributed by atoms with E-state index in [1.807, 2.05) is 0 Å². The average Bonchev–Trinajstić information content (AvgIpc) is 2.81. The number of alkyl halides is 3. The number of aryl methyl sites for hydroxylation is 1. The maximum absolute atomic E-state index is 12.3. The van der Waals surface area contributed by atoms with Crippen molar-refractivity contribution < 1.29 is 17.9 Å². The zero-order valence-electron chi connectivity index (χ0n) is 11.3. The van der Waals surface area contributed by atoms with E-state index < -0.39 is 6.36 Å². The molecule has 1 aromatic carbocycles. The van der Waals surface area contributed by atoms with Crippen LogP contribution in [0.4, 0.5) is 13.2 Å². The van der Waals surface area contributed by atoms with E-state index >= 15 is 0 Å². The Hall–Kier alpha value is -2.77. The third kappa shape index (κ3) is 2.54. The molecule has 3 rings (SSSR count). The highest BCUT2D eigenvalue weighted by molar-refractivity contribution is 5.74. The molecule has 0 N–H and O–H groups in total. The van der Waals surface area contributed by atoms with Gasteiger partial charge in [0.15, 0.2) is 5.52 Å². The molecule has 2 aromatic heterocycles. The minimum Gasteiger partial charge on any atom is -0.406 e. The highest BCUT2D eigenvalue weighted by atomic mass is 19.4. The van der Waals surface area contributed by atoms with Crippen LogP contribution in [-0.2, 0) is 7.05 Å². The smallest absolute Gasteiger partial charge is 0.406 e. The zero-order chi connectivity index (χ0) is 15.9. The van der Waals surface area contributed by atoms with E-state index in [9.17, 15) is 18.0 Å². The average molecular weight is 309 g/mol. The molecule has 0 saturated heterocycles. The van der Waals surface area contributed by atoms with E-state index in [1.54, 1.807) is 23.9 Å². The minimum absolute atomic E-state index is 0.292. The third-order valence-corrected chi connectivity index (χ3v) is 3.13. The molecule has 22 heavy (non-hydrogen) atoms. The summed E-state index contributed by atoms with van der Waals surface area (Å²) >= 11 is 0. The number of rotatable bonds is 2. The van der Waals surface area contributed by atoms with Crippen molar-refractivity contribution in [2.24, 2.45) is 7.05 Å². The van der Waals surface area contributed by atoms with E-state index in [0.717, 1.165) is 12.1 Å². The largest absolute Gasteiger partial charge is 0.573 e. The van der Waals surface area contributed by atoms with Gasteiger partial charge in [0.05, 0.1) is 11.8 Å². The molecule has 0 radical (unpaired) electrons. The highest BCUT2D eigenvalue weighted by Gasteiger charge is 2.30. The number of fused-ring (bicyclic) bond motifs is 1. The molecular formula is C14H10F3N3O2. The van der Waals surface area contributed by atoms with Crippen LogP contribution in [0.25, 0.3) is 16.7 Å². The van der Waals surface area contributed by atoms with Crippen molar-refractivity contribution in [3.05, 3.63) is 53.2 Å². The Labute approximate surface area is 122 Å². The van der Waals surface area contributed by atoms with Gasteiger partial charge in [0.25, 0.3) is 5.56 Å². The molecule has 2 heterocycles. The van der Waals surface area contributed by atoms with Crippen molar-refractivity contribution in [1.29, 1.82) is 0 Å². The number of benzene rings is 1. The van der Waals surface area contributed by atoms with Gasteiger partial charge in [-0.3, -0.25) is 9.36 Å². The maximum Gasteiger partial charge on any atom is 0.573 e. The van der Waals surface area contributed by atoms with Crippen LogP contribution in [0.15, 0.2) is 47.7 Å². The second-order valence-electron chi connectivity index (χ2n) is 4.62.